The van der Waals surface area contributed by atoms with Gasteiger partial charge in [0.25, 0.3) is 0 Å². The number of piperidine rings is 1. The standard InChI is InChI=1S/C13H19N3O3S/c1-10-3-2-8-16(9-10)13(17)15-11-4-6-12(7-5-11)20(14,18)19/h4-7,10H,2-3,8-9H2,1H3,(H,15,17)(H2,14,18,19)/t10-/m1/s1. The summed E-state index contributed by atoms with van der Waals surface area (Å²) >= 11 is 0. The molecule has 1 aromatic rings. The zero-order valence-electron chi connectivity index (χ0n) is 11.4. The van der Waals surface area contributed by atoms with Crippen LogP contribution in [0.2, 0.25) is 0 Å². The molecule has 0 aliphatic carbocycles. The molecular formula is C13H19N3O3S. The van der Waals surface area contributed by atoms with Crippen molar-refractivity contribution in [2.75, 3.05) is 18.4 Å². The van der Waals surface area contributed by atoms with Crippen LogP contribution in [0, 0.1) is 5.92 Å². The number of primary sulfonamides is 1. The van der Waals surface area contributed by atoms with Crippen LogP contribution < -0.4 is 10.5 Å². The Labute approximate surface area is 119 Å². The first-order chi connectivity index (χ1) is 9.36. The first-order valence-electron chi connectivity index (χ1n) is 6.55. The summed E-state index contributed by atoms with van der Waals surface area (Å²) in [6.07, 6.45) is 2.16. The predicted octanol–water partition coefficient (Wildman–Crippen LogP) is 1.60. The van der Waals surface area contributed by atoms with Gasteiger partial charge in [-0.3, -0.25) is 0 Å². The predicted molar refractivity (Wildman–Crippen MR) is 76.8 cm³/mol. The number of urea groups is 1. The Kier molecular flexibility index (Phi) is 4.29. The molecule has 1 saturated heterocycles. The molecule has 2 rings (SSSR count). The lowest BCUT2D eigenvalue weighted by Crippen LogP contribution is -2.41. The lowest BCUT2D eigenvalue weighted by atomic mass is 10.0. The number of nitrogens with two attached hydrogens (primary N) is 1. The lowest BCUT2D eigenvalue weighted by molar-refractivity contribution is 0.182. The van der Waals surface area contributed by atoms with Gasteiger partial charge in [-0.25, -0.2) is 18.4 Å². The third-order valence-electron chi connectivity index (χ3n) is 3.38. The van der Waals surface area contributed by atoms with E-state index in [1.165, 1.54) is 24.3 Å². The van der Waals surface area contributed by atoms with Crippen LogP contribution in [-0.4, -0.2) is 32.4 Å². The van der Waals surface area contributed by atoms with Crippen LogP contribution in [-0.2, 0) is 10.0 Å². The maximum Gasteiger partial charge on any atom is 0.321 e. The first kappa shape index (κ1) is 14.8. The Balaban J connectivity index is 2.01. The molecule has 1 fully saturated rings. The number of rotatable bonds is 2. The molecule has 20 heavy (non-hydrogen) atoms. The third kappa shape index (κ3) is 3.71. The highest BCUT2D eigenvalue weighted by Crippen LogP contribution is 2.18. The molecule has 1 atom stereocenters. The summed E-state index contributed by atoms with van der Waals surface area (Å²) in [5.74, 6) is 0.513. The number of nitrogens with one attached hydrogen (secondary N) is 1. The minimum absolute atomic E-state index is 0.0297. The molecule has 0 radical (unpaired) electrons. The number of nitrogens with zero attached hydrogens (tertiary/aromatic N) is 1. The van der Waals surface area contributed by atoms with Crippen LogP contribution in [0.15, 0.2) is 29.2 Å². The Morgan fingerprint density at radius 2 is 2.00 bits per heavy atom. The number of carbonyl (C=O) groups excluding carboxylic acids is 1. The van der Waals surface area contributed by atoms with Crippen molar-refractivity contribution in [3.05, 3.63) is 24.3 Å². The van der Waals surface area contributed by atoms with Gasteiger partial charge in [0, 0.05) is 18.8 Å². The van der Waals surface area contributed by atoms with E-state index in [9.17, 15) is 13.2 Å². The van der Waals surface area contributed by atoms with Gasteiger partial charge in [-0.1, -0.05) is 6.92 Å². The van der Waals surface area contributed by atoms with E-state index in [0.29, 0.717) is 11.6 Å². The van der Waals surface area contributed by atoms with E-state index < -0.39 is 10.0 Å². The third-order valence-corrected chi connectivity index (χ3v) is 4.31. The summed E-state index contributed by atoms with van der Waals surface area (Å²) in [6.45, 7) is 3.63. The first-order valence-corrected chi connectivity index (χ1v) is 8.09. The summed E-state index contributed by atoms with van der Waals surface area (Å²) in [5.41, 5.74) is 0.556. The summed E-state index contributed by atoms with van der Waals surface area (Å²) in [6, 6.07) is 5.67. The van der Waals surface area contributed by atoms with E-state index in [0.717, 1.165) is 25.9 Å². The Bertz CT molecular complexity index is 583. The van der Waals surface area contributed by atoms with Gasteiger partial charge in [0.15, 0.2) is 0 Å². The van der Waals surface area contributed by atoms with Gasteiger partial charge in [0.05, 0.1) is 4.90 Å². The molecule has 0 unspecified atom stereocenters. The number of hydrogen-bond acceptors (Lipinski definition) is 3. The summed E-state index contributed by atoms with van der Waals surface area (Å²) in [7, 11) is -3.70. The van der Waals surface area contributed by atoms with Crippen LogP contribution in [0.1, 0.15) is 19.8 Å². The van der Waals surface area contributed by atoms with Crippen molar-refractivity contribution in [2.45, 2.75) is 24.7 Å². The van der Waals surface area contributed by atoms with Gasteiger partial charge in [-0.05, 0) is 43.0 Å². The van der Waals surface area contributed by atoms with Gasteiger partial charge in [0.1, 0.15) is 0 Å². The molecule has 0 bridgehead atoms. The fraction of sp³-hybridized carbons (Fsp3) is 0.462. The Hall–Kier alpha value is -1.60. The van der Waals surface area contributed by atoms with Crippen LogP contribution >= 0.6 is 0 Å². The molecule has 1 aliphatic heterocycles. The highest BCUT2D eigenvalue weighted by molar-refractivity contribution is 7.89. The van der Waals surface area contributed by atoms with Crippen LogP contribution in [0.3, 0.4) is 0 Å². The second-order valence-electron chi connectivity index (χ2n) is 5.19. The maximum absolute atomic E-state index is 12.1. The molecule has 110 valence electrons. The normalized spacial score (nSPS) is 19.7. The van der Waals surface area contributed by atoms with Crippen LogP contribution in [0.25, 0.3) is 0 Å². The maximum atomic E-state index is 12.1. The smallest absolute Gasteiger partial charge is 0.321 e. The molecule has 6 nitrogen and oxygen atoms in total. The summed E-state index contributed by atoms with van der Waals surface area (Å²) in [4.78, 5) is 13.9. The van der Waals surface area contributed by atoms with E-state index in [4.69, 9.17) is 5.14 Å². The monoisotopic (exact) mass is 297 g/mol. The second kappa shape index (κ2) is 5.80. The van der Waals surface area contributed by atoms with Crippen LogP contribution in [0.4, 0.5) is 10.5 Å². The summed E-state index contributed by atoms with van der Waals surface area (Å²) in [5, 5.41) is 7.78. The molecule has 1 aromatic carbocycles. The van der Waals surface area contributed by atoms with Crippen molar-refractivity contribution in [2.24, 2.45) is 11.1 Å². The van der Waals surface area contributed by atoms with Gasteiger partial charge < -0.3 is 10.2 Å². The molecular weight excluding hydrogens is 278 g/mol. The van der Waals surface area contributed by atoms with E-state index in [-0.39, 0.29) is 10.9 Å². The van der Waals surface area contributed by atoms with E-state index in [1.54, 1.807) is 4.90 Å². The number of benzene rings is 1. The zero-order valence-corrected chi connectivity index (χ0v) is 12.2. The number of likely N-dealkylation sites (tertiary alicyclic amines) is 1. The topological polar surface area (TPSA) is 92.5 Å². The number of sulfonamides is 1. The molecule has 7 heteroatoms. The lowest BCUT2D eigenvalue weighted by Gasteiger charge is -2.30. The largest absolute Gasteiger partial charge is 0.324 e. The minimum atomic E-state index is -3.70. The van der Waals surface area contributed by atoms with Crippen molar-refractivity contribution >= 4 is 21.7 Å². The molecule has 3 N–H and O–H groups in total. The van der Waals surface area contributed by atoms with Crippen molar-refractivity contribution in [3.8, 4) is 0 Å². The van der Waals surface area contributed by atoms with Gasteiger partial charge in [-0.2, -0.15) is 0 Å². The Morgan fingerprint density at radius 3 is 2.55 bits per heavy atom. The molecule has 1 heterocycles. The van der Waals surface area contributed by atoms with E-state index >= 15 is 0 Å². The molecule has 0 spiro atoms. The highest BCUT2D eigenvalue weighted by atomic mass is 32.2. The molecule has 0 aromatic heterocycles. The summed E-state index contributed by atoms with van der Waals surface area (Å²) < 4.78 is 22.3. The fourth-order valence-corrected chi connectivity index (χ4v) is 2.82. The minimum Gasteiger partial charge on any atom is -0.324 e. The second-order valence-corrected chi connectivity index (χ2v) is 6.75. The van der Waals surface area contributed by atoms with Crippen molar-refractivity contribution < 1.29 is 13.2 Å². The van der Waals surface area contributed by atoms with E-state index in [1.807, 2.05) is 0 Å². The van der Waals surface area contributed by atoms with Gasteiger partial charge in [0.2, 0.25) is 10.0 Å². The van der Waals surface area contributed by atoms with Crippen LogP contribution in [0.5, 0.6) is 0 Å². The molecule has 2 amide bonds. The van der Waals surface area contributed by atoms with Gasteiger partial charge in [-0.15, -0.1) is 0 Å². The Morgan fingerprint density at radius 1 is 1.35 bits per heavy atom. The zero-order chi connectivity index (χ0) is 14.8. The number of amides is 2. The molecule has 1 aliphatic rings. The average molecular weight is 297 g/mol. The number of carbonyl (C=O) groups is 1. The highest BCUT2D eigenvalue weighted by Gasteiger charge is 2.20. The van der Waals surface area contributed by atoms with Crippen molar-refractivity contribution in [1.82, 2.24) is 4.90 Å². The SMILES string of the molecule is C[C@@H]1CCCN(C(=O)Nc2ccc(S(N)(=O)=O)cc2)C1. The fourth-order valence-electron chi connectivity index (χ4n) is 2.30. The number of hydrogen-bond donors (Lipinski definition) is 2. The number of anilines is 1. The van der Waals surface area contributed by atoms with Gasteiger partial charge >= 0.3 is 6.03 Å². The average Bonchev–Trinajstić information content (AvgIpc) is 2.38. The molecule has 0 saturated carbocycles. The quantitative estimate of drug-likeness (QED) is 0.868. The van der Waals surface area contributed by atoms with Crippen molar-refractivity contribution in [1.29, 1.82) is 0 Å². The van der Waals surface area contributed by atoms with Crippen molar-refractivity contribution in [3.63, 3.8) is 0 Å². The van der Waals surface area contributed by atoms with E-state index in [2.05, 4.69) is 12.2 Å².